The van der Waals surface area contributed by atoms with Crippen LogP contribution in [0.1, 0.15) is 6.42 Å². The lowest BCUT2D eigenvalue weighted by Crippen LogP contribution is -2.25. The highest BCUT2D eigenvalue weighted by atomic mass is 32.2. The van der Waals surface area contributed by atoms with Crippen LogP contribution < -0.4 is 4.72 Å². The number of benzene rings is 1. The number of sulfonamides is 1. The third-order valence-corrected chi connectivity index (χ3v) is 3.98. The van der Waals surface area contributed by atoms with Gasteiger partial charge in [0.25, 0.3) is 0 Å². The van der Waals surface area contributed by atoms with E-state index in [9.17, 15) is 8.42 Å². The zero-order chi connectivity index (χ0) is 13.0. The van der Waals surface area contributed by atoms with Crippen molar-refractivity contribution in [2.45, 2.75) is 11.3 Å². The van der Waals surface area contributed by atoms with E-state index in [1.807, 2.05) is 0 Å². The Morgan fingerprint density at radius 1 is 1.44 bits per heavy atom. The maximum absolute atomic E-state index is 12.0. The molecule has 1 aromatic heterocycles. The van der Waals surface area contributed by atoms with Crippen LogP contribution in [-0.4, -0.2) is 38.6 Å². The summed E-state index contributed by atoms with van der Waals surface area (Å²) in [5.74, 6) is 0. The summed E-state index contributed by atoms with van der Waals surface area (Å²) in [4.78, 5) is 7.16. The van der Waals surface area contributed by atoms with E-state index in [1.54, 1.807) is 25.3 Å². The number of hydrogen-bond acceptors (Lipinski definition) is 4. The minimum absolute atomic E-state index is 0.233. The number of rotatable bonds is 6. The minimum atomic E-state index is -3.46. The molecule has 1 heterocycles. The van der Waals surface area contributed by atoms with E-state index in [-0.39, 0.29) is 4.90 Å². The van der Waals surface area contributed by atoms with Gasteiger partial charge in [0.1, 0.15) is 0 Å². The van der Waals surface area contributed by atoms with Crippen LogP contribution in [0.5, 0.6) is 0 Å². The molecule has 0 unspecified atom stereocenters. The second kappa shape index (κ2) is 5.47. The van der Waals surface area contributed by atoms with Gasteiger partial charge in [-0.25, -0.2) is 18.1 Å². The van der Waals surface area contributed by atoms with Crippen LogP contribution in [0.25, 0.3) is 11.0 Å². The molecule has 98 valence electrons. The highest BCUT2D eigenvalue weighted by Gasteiger charge is 2.14. The normalized spacial score (nSPS) is 12.1. The standard InChI is InChI=1S/C11H15N3O3S/c1-17-6-2-5-14-18(15,16)9-3-4-10-11(7-9)13-8-12-10/h3-4,7-8,14H,2,5-6H2,1H3,(H,12,13). The molecule has 0 fully saturated rings. The van der Waals surface area contributed by atoms with E-state index in [0.29, 0.717) is 25.1 Å². The van der Waals surface area contributed by atoms with Crippen molar-refractivity contribution in [1.29, 1.82) is 0 Å². The van der Waals surface area contributed by atoms with Crippen molar-refractivity contribution in [3.63, 3.8) is 0 Å². The maximum atomic E-state index is 12.0. The van der Waals surface area contributed by atoms with Crippen molar-refractivity contribution >= 4 is 21.1 Å². The van der Waals surface area contributed by atoms with Crippen molar-refractivity contribution in [2.24, 2.45) is 0 Å². The van der Waals surface area contributed by atoms with Gasteiger partial charge in [-0.15, -0.1) is 0 Å². The van der Waals surface area contributed by atoms with E-state index >= 15 is 0 Å². The SMILES string of the molecule is COCCCNS(=O)(=O)c1ccc2nc[nH]c2c1. The number of imidazole rings is 1. The molecular formula is C11H15N3O3S. The van der Waals surface area contributed by atoms with E-state index < -0.39 is 10.0 Å². The number of aromatic nitrogens is 2. The molecule has 2 N–H and O–H groups in total. The molecule has 0 radical (unpaired) electrons. The van der Waals surface area contributed by atoms with Crippen LogP contribution in [0.4, 0.5) is 0 Å². The Bertz CT molecular complexity index is 621. The number of ether oxygens (including phenoxy) is 1. The van der Waals surface area contributed by atoms with Crippen molar-refractivity contribution in [3.05, 3.63) is 24.5 Å². The smallest absolute Gasteiger partial charge is 0.240 e. The molecule has 0 aliphatic carbocycles. The molecule has 1 aromatic carbocycles. The molecule has 7 heteroatoms. The van der Waals surface area contributed by atoms with Crippen molar-refractivity contribution in [3.8, 4) is 0 Å². The fraction of sp³-hybridized carbons (Fsp3) is 0.364. The average molecular weight is 269 g/mol. The Kier molecular flexibility index (Phi) is 3.95. The summed E-state index contributed by atoms with van der Waals surface area (Å²) in [6, 6.07) is 4.79. The van der Waals surface area contributed by atoms with Crippen LogP contribution in [0, 0.1) is 0 Å². The van der Waals surface area contributed by atoms with E-state index in [0.717, 1.165) is 5.52 Å². The highest BCUT2D eigenvalue weighted by Crippen LogP contribution is 2.15. The van der Waals surface area contributed by atoms with Gasteiger partial charge >= 0.3 is 0 Å². The summed E-state index contributed by atoms with van der Waals surface area (Å²) < 4.78 is 31.3. The minimum Gasteiger partial charge on any atom is -0.385 e. The number of methoxy groups -OCH3 is 1. The van der Waals surface area contributed by atoms with Crippen LogP contribution in [-0.2, 0) is 14.8 Å². The zero-order valence-electron chi connectivity index (χ0n) is 10.0. The Morgan fingerprint density at radius 2 is 2.28 bits per heavy atom. The molecule has 0 saturated heterocycles. The molecule has 18 heavy (non-hydrogen) atoms. The highest BCUT2D eigenvalue weighted by molar-refractivity contribution is 7.89. The number of aromatic amines is 1. The summed E-state index contributed by atoms with van der Waals surface area (Å²) in [7, 11) is -1.88. The van der Waals surface area contributed by atoms with E-state index in [1.165, 1.54) is 6.33 Å². The first kappa shape index (κ1) is 13.0. The first-order valence-electron chi connectivity index (χ1n) is 5.55. The average Bonchev–Trinajstić information content (AvgIpc) is 2.82. The number of nitrogens with zero attached hydrogens (tertiary/aromatic N) is 1. The summed E-state index contributed by atoms with van der Waals surface area (Å²) in [5, 5.41) is 0. The third kappa shape index (κ3) is 2.87. The van der Waals surface area contributed by atoms with Crippen LogP contribution in [0.2, 0.25) is 0 Å². The zero-order valence-corrected chi connectivity index (χ0v) is 10.8. The molecule has 0 atom stereocenters. The predicted octanol–water partition coefficient (Wildman–Crippen LogP) is 0.878. The second-order valence-electron chi connectivity index (χ2n) is 3.83. The largest absolute Gasteiger partial charge is 0.385 e. The fourth-order valence-corrected chi connectivity index (χ4v) is 2.69. The van der Waals surface area contributed by atoms with Crippen molar-refractivity contribution < 1.29 is 13.2 Å². The number of H-pyrrole nitrogens is 1. The molecule has 6 nitrogen and oxygen atoms in total. The van der Waals surface area contributed by atoms with Gasteiger partial charge in [0.05, 0.1) is 22.3 Å². The van der Waals surface area contributed by atoms with Crippen molar-refractivity contribution in [2.75, 3.05) is 20.3 Å². The van der Waals surface area contributed by atoms with Gasteiger partial charge in [0.15, 0.2) is 0 Å². The number of nitrogens with one attached hydrogen (secondary N) is 2. The molecule has 0 aliphatic rings. The van der Waals surface area contributed by atoms with Crippen LogP contribution in [0.15, 0.2) is 29.4 Å². The van der Waals surface area contributed by atoms with E-state index in [2.05, 4.69) is 14.7 Å². The van der Waals surface area contributed by atoms with Gasteiger partial charge in [-0.1, -0.05) is 0 Å². The van der Waals surface area contributed by atoms with Gasteiger partial charge in [-0.05, 0) is 24.6 Å². The molecule has 2 rings (SSSR count). The maximum Gasteiger partial charge on any atom is 0.240 e. The molecule has 0 bridgehead atoms. The van der Waals surface area contributed by atoms with Gasteiger partial charge in [-0.3, -0.25) is 0 Å². The summed E-state index contributed by atoms with van der Waals surface area (Å²) >= 11 is 0. The predicted molar refractivity (Wildman–Crippen MR) is 67.8 cm³/mol. The Hall–Kier alpha value is -1.44. The third-order valence-electron chi connectivity index (χ3n) is 2.52. The summed E-state index contributed by atoms with van der Waals surface area (Å²) in [6.07, 6.45) is 2.18. The van der Waals surface area contributed by atoms with Crippen LogP contribution in [0.3, 0.4) is 0 Å². The van der Waals surface area contributed by atoms with Gasteiger partial charge in [-0.2, -0.15) is 0 Å². The van der Waals surface area contributed by atoms with Gasteiger partial charge in [0, 0.05) is 20.3 Å². The first-order chi connectivity index (χ1) is 8.63. The number of fused-ring (bicyclic) bond motifs is 1. The lowest BCUT2D eigenvalue weighted by Gasteiger charge is -2.06. The number of hydrogen-bond donors (Lipinski definition) is 2. The van der Waals surface area contributed by atoms with Crippen molar-refractivity contribution in [1.82, 2.24) is 14.7 Å². The molecule has 0 aliphatic heterocycles. The van der Waals surface area contributed by atoms with Gasteiger partial charge < -0.3 is 9.72 Å². The summed E-state index contributed by atoms with van der Waals surface area (Å²) in [5.41, 5.74) is 1.45. The molecular weight excluding hydrogens is 254 g/mol. The van der Waals surface area contributed by atoms with Gasteiger partial charge in [0.2, 0.25) is 10.0 Å². The monoisotopic (exact) mass is 269 g/mol. The Morgan fingerprint density at radius 3 is 3.06 bits per heavy atom. The lowest BCUT2D eigenvalue weighted by atomic mass is 10.3. The molecule has 0 saturated carbocycles. The van der Waals surface area contributed by atoms with E-state index in [4.69, 9.17) is 4.74 Å². The molecule has 0 amide bonds. The molecule has 0 spiro atoms. The Balaban J connectivity index is 2.13. The summed E-state index contributed by atoms with van der Waals surface area (Å²) in [6.45, 7) is 0.888. The second-order valence-corrected chi connectivity index (χ2v) is 5.59. The fourth-order valence-electron chi connectivity index (χ4n) is 1.59. The topological polar surface area (TPSA) is 84.1 Å². The first-order valence-corrected chi connectivity index (χ1v) is 7.03. The Labute approximate surface area is 105 Å². The lowest BCUT2D eigenvalue weighted by molar-refractivity contribution is 0.196. The quantitative estimate of drug-likeness (QED) is 0.762. The van der Waals surface area contributed by atoms with Crippen LogP contribution >= 0.6 is 0 Å². The molecule has 2 aromatic rings.